The SMILES string of the molecule is [B]c1c(S)nc(N=C)n1/C=C\C. The summed E-state index contributed by atoms with van der Waals surface area (Å²) in [4.78, 5) is 7.66. The van der Waals surface area contributed by atoms with E-state index in [1.54, 1.807) is 10.8 Å². The lowest BCUT2D eigenvalue weighted by atomic mass is 10.1. The molecule has 12 heavy (non-hydrogen) atoms. The summed E-state index contributed by atoms with van der Waals surface area (Å²) in [5.41, 5.74) is 0.471. The molecule has 0 aliphatic carbocycles. The molecular formula is C7H8BN3S. The number of imidazole rings is 1. The lowest BCUT2D eigenvalue weighted by Gasteiger charge is -1.98. The number of thiol groups is 1. The van der Waals surface area contributed by atoms with Gasteiger partial charge in [0.2, 0.25) is 5.95 Å². The molecule has 0 spiro atoms. The normalized spacial score (nSPS) is 10.8. The van der Waals surface area contributed by atoms with E-state index in [0.29, 0.717) is 16.6 Å². The van der Waals surface area contributed by atoms with Crippen LogP contribution in [0.3, 0.4) is 0 Å². The molecule has 2 radical (unpaired) electrons. The minimum absolute atomic E-state index is 0.454. The average molecular weight is 177 g/mol. The fraction of sp³-hybridized carbons (Fsp3) is 0.143. The maximum Gasteiger partial charge on any atom is 0.233 e. The molecule has 0 unspecified atom stereocenters. The Hall–Kier alpha value is -0.965. The molecule has 0 N–H and O–H groups in total. The molecule has 0 aliphatic heterocycles. The summed E-state index contributed by atoms with van der Waals surface area (Å²) < 4.78 is 1.62. The van der Waals surface area contributed by atoms with Gasteiger partial charge in [-0.1, -0.05) is 6.08 Å². The molecule has 1 aromatic heterocycles. The van der Waals surface area contributed by atoms with Gasteiger partial charge in [-0.3, -0.25) is 4.57 Å². The Morgan fingerprint density at radius 2 is 2.42 bits per heavy atom. The van der Waals surface area contributed by atoms with Gasteiger partial charge in [-0.2, -0.15) is 0 Å². The van der Waals surface area contributed by atoms with Crippen molar-refractivity contribution in [1.82, 2.24) is 9.55 Å². The van der Waals surface area contributed by atoms with Crippen molar-refractivity contribution in [1.29, 1.82) is 0 Å². The molecule has 0 saturated heterocycles. The van der Waals surface area contributed by atoms with Crippen molar-refractivity contribution in [3.05, 3.63) is 6.08 Å². The first-order valence-electron chi connectivity index (χ1n) is 3.37. The van der Waals surface area contributed by atoms with Crippen molar-refractivity contribution >= 4 is 44.9 Å². The molecule has 0 atom stereocenters. The predicted molar refractivity (Wildman–Crippen MR) is 55.1 cm³/mol. The second-order valence-electron chi connectivity index (χ2n) is 2.13. The standard InChI is InChI=1S/C7H8BN3S/c1-3-4-11-5(8)6(12)10-7(11)9-2/h3-4,12H,2H2,1H3/b4-3-. The van der Waals surface area contributed by atoms with Gasteiger partial charge in [0, 0.05) is 11.8 Å². The number of allylic oxidation sites excluding steroid dienone is 1. The monoisotopic (exact) mass is 177 g/mol. The Bertz CT molecular complexity index is 330. The van der Waals surface area contributed by atoms with Gasteiger partial charge in [-0.05, 0) is 13.6 Å². The summed E-state index contributed by atoms with van der Waals surface area (Å²) in [6, 6.07) is 0. The third-order valence-electron chi connectivity index (χ3n) is 1.35. The van der Waals surface area contributed by atoms with Crippen molar-refractivity contribution in [2.24, 2.45) is 4.99 Å². The molecule has 0 aliphatic rings. The summed E-state index contributed by atoms with van der Waals surface area (Å²) in [5, 5.41) is 0.468. The van der Waals surface area contributed by atoms with Gasteiger partial charge in [0.25, 0.3) is 0 Å². The van der Waals surface area contributed by atoms with Crippen molar-refractivity contribution in [2.45, 2.75) is 11.9 Å². The number of nitrogens with zero attached hydrogens (tertiary/aromatic N) is 3. The highest BCUT2D eigenvalue weighted by molar-refractivity contribution is 7.80. The lowest BCUT2D eigenvalue weighted by Crippen LogP contribution is -2.12. The van der Waals surface area contributed by atoms with Crippen molar-refractivity contribution < 1.29 is 0 Å². The van der Waals surface area contributed by atoms with Gasteiger partial charge in [-0.15, -0.1) is 12.6 Å². The predicted octanol–water partition coefficient (Wildman–Crippen LogP) is 0.788. The van der Waals surface area contributed by atoms with Crippen LogP contribution in [0.5, 0.6) is 0 Å². The number of hydrogen-bond donors (Lipinski definition) is 1. The highest BCUT2D eigenvalue weighted by Gasteiger charge is 2.05. The van der Waals surface area contributed by atoms with Crippen LogP contribution in [0.4, 0.5) is 5.95 Å². The minimum Gasteiger partial charge on any atom is -0.298 e. The molecule has 1 heterocycles. The van der Waals surface area contributed by atoms with Crippen LogP contribution in [-0.4, -0.2) is 24.1 Å². The van der Waals surface area contributed by atoms with E-state index in [1.807, 2.05) is 13.0 Å². The van der Waals surface area contributed by atoms with E-state index in [9.17, 15) is 0 Å². The minimum atomic E-state index is 0.454. The zero-order valence-electron chi connectivity index (χ0n) is 6.73. The van der Waals surface area contributed by atoms with E-state index in [4.69, 9.17) is 7.85 Å². The summed E-state index contributed by atoms with van der Waals surface area (Å²) in [6.45, 7) is 5.25. The maximum absolute atomic E-state index is 5.65. The number of aromatic nitrogens is 2. The fourth-order valence-corrected chi connectivity index (χ4v) is 1.03. The second-order valence-corrected chi connectivity index (χ2v) is 2.55. The first-order chi connectivity index (χ1) is 5.70. The van der Waals surface area contributed by atoms with Crippen LogP contribution >= 0.6 is 12.6 Å². The number of aliphatic imine (C=N–C) groups is 1. The zero-order chi connectivity index (χ0) is 9.14. The van der Waals surface area contributed by atoms with Gasteiger partial charge in [-0.25, -0.2) is 9.98 Å². The Balaban J connectivity index is 3.30. The third-order valence-corrected chi connectivity index (χ3v) is 1.68. The van der Waals surface area contributed by atoms with Crippen LogP contribution in [0.15, 0.2) is 16.1 Å². The fourth-order valence-electron chi connectivity index (χ4n) is 0.829. The van der Waals surface area contributed by atoms with Gasteiger partial charge < -0.3 is 0 Å². The highest BCUT2D eigenvalue weighted by atomic mass is 32.1. The third kappa shape index (κ3) is 1.45. The number of rotatable bonds is 2. The maximum atomic E-state index is 5.65. The van der Waals surface area contributed by atoms with Crippen LogP contribution in [0.25, 0.3) is 6.20 Å². The van der Waals surface area contributed by atoms with Crippen LogP contribution in [0.2, 0.25) is 0 Å². The van der Waals surface area contributed by atoms with Crippen molar-refractivity contribution in [2.75, 3.05) is 0 Å². The Labute approximate surface area is 78.0 Å². The summed E-state index contributed by atoms with van der Waals surface area (Å²) >= 11 is 4.06. The molecule has 1 rings (SSSR count). The Morgan fingerprint density at radius 3 is 2.92 bits per heavy atom. The van der Waals surface area contributed by atoms with Crippen LogP contribution in [-0.2, 0) is 0 Å². The van der Waals surface area contributed by atoms with Crippen molar-refractivity contribution in [3.63, 3.8) is 0 Å². The Morgan fingerprint density at radius 1 is 1.75 bits per heavy atom. The van der Waals surface area contributed by atoms with E-state index in [1.165, 1.54) is 0 Å². The molecule has 0 bridgehead atoms. The molecule has 0 aromatic carbocycles. The lowest BCUT2D eigenvalue weighted by molar-refractivity contribution is 1.12. The summed E-state index contributed by atoms with van der Waals surface area (Å²) in [5.74, 6) is 0.454. The summed E-state index contributed by atoms with van der Waals surface area (Å²) in [7, 11) is 5.65. The van der Waals surface area contributed by atoms with Crippen molar-refractivity contribution in [3.8, 4) is 0 Å². The zero-order valence-corrected chi connectivity index (χ0v) is 7.62. The van der Waals surface area contributed by atoms with Gasteiger partial charge in [0.1, 0.15) is 12.9 Å². The van der Waals surface area contributed by atoms with Gasteiger partial charge in [0.15, 0.2) is 0 Å². The molecule has 0 saturated carbocycles. The van der Waals surface area contributed by atoms with Crippen LogP contribution < -0.4 is 5.59 Å². The quantitative estimate of drug-likeness (QED) is 0.404. The Kier molecular flexibility index (Phi) is 2.76. The van der Waals surface area contributed by atoms with Gasteiger partial charge >= 0.3 is 0 Å². The number of hydrogen-bond acceptors (Lipinski definition) is 3. The molecule has 0 amide bonds. The topological polar surface area (TPSA) is 30.2 Å². The van der Waals surface area contributed by atoms with E-state index >= 15 is 0 Å². The van der Waals surface area contributed by atoms with E-state index < -0.39 is 0 Å². The van der Waals surface area contributed by atoms with Crippen LogP contribution in [0.1, 0.15) is 6.92 Å². The smallest absolute Gasteiger partial charge is 0.233 e. The van der Waals surface area contributed by atoms with Gasteiger partial charge in [0.05, 0.1) is 0 Å². The van der Waals surface area contributed by atoms with E-state index in [-0.39, 0.29) is 0 Å². The molecule has 60 valence electrons. The second kappa shape index (κ2) is 3.62. The van der Waals surface area contributed by atoms with E-state index in [2.05, 4.69) is 29.3 Å². The molecular weight excluding hydrogens is 169 g/mol. The first kappa shape index (κ1) is 9.13. The highest BCUT2D eigenvalue weighted by Crippen LogP contribution is 2.11. The largest absolute Gasteiger partial charge is 0.298 e. The van der Waals surface area contributed by atoms with Crippen LogP contribution in [0, 0.1) is 0 Å². The molecule has 5 heteroatoms. The summed E-state index contributed by atoms with van der Waals surface area (Å²) in [6.07, 6.45) is 3.59. The average Bonchev–Trinajstić information content (AvgIpc) is 2.33. The molecule has 1 aromatic rings. The van der Waals surface area contributed by atoms with E-state index in [0.717, 1.165) is 0 Å². The molecule has 0 fully saturated rings. The molecule has 3 nitrogen and oxygen atoms in total. The first-order valence-corrected chi connectivity index (χ1v) is 3.81.